The highest BCUT2D eigenvalue weighted by Crippen LogP contribution is 2.29. The van der Waals surface area contributed by atoms with Crippen molar-refractivity contribution in [2.75, 3.05) is 32.6 Å². The molecule has 0 spiro atoms. The van der Waals surface area contributed by atoms with E-state index in [1.807, 2.05) is 0 Å². The first kappa shape index (κ1) is 21.9. The number of esters is 1. The normalized spacial score (nSPS) is 11.3. The lowest BCUT2D eigenvalue weighted by molar-refractivity contribution is 0.0607. The molecular formula is C18H22N2O6S2. The third-order valence-electron chi connectivity index (χ3n) is 4.03. The molecule has 0 saturated carbocycles. The van der Waals surface area contributed by atoms with Crippen LogP contribution in [0.3, 0.4) is 0 Å². The van der Waals surface area contributed by atoms with Gasteiger partial charge in [0.25, 0.3) is 5.91 Å². The average molecular weight is 427 g/mol. The number of carbonyl (C=O) groups excluding carboxylic acids is 2. The van der Waals surface area contributed by atoms with Gasteiger partial charge in [-0.25, -0.2) is 13.2 Å². The van der Waals surface area contributed by atoms with Crippen LogP contribution in [0.5, 0.6) is 5.75 Å². The first-order valence-electron chi connectivity index (χ1n) is 8.45. The van der Waals surface area contributed by atoms with Gasteiger partial charge in [-0.15, -0.1) is 11.3 Å². The van der Waals surface area contributed by atoms with Crippen molar-refractivity contribution in [1.82, 2.24) is 4.31 Å². The molecule has 1 amide bonds. The standard InChI is InChI=1S/C18H22N2O6S2/c1-5-20(6-2)28(23,24)15-11-12(7-8-14(15)25-3)17(21)19-13-9-10-27-16(13)18(22)26-4/h7-11H,5-6H2,1-4H3,(H,19,21). The number of ether oxygens (including phenoxy) is 2. The van der Waals surface area contributed by atoms with E-state index in [4.69, 9.17) is 4.74 Å². The van der Waals surface area contributed by atoms with Crippen molar-refractivity contribution in [3.05, 3.63) is 40.1 Å². The fourth-order valence-electron chi connectivity index (χ4n) is 2.58. The third-order valence-corrected chi connectivity index (χ3v) is 7.00. The quantitative estimate of drug-likeness (QED) is 0.651. The molecule has 1 aromatic carbocycles. The smallest absolute Gasteiger partial charge is 0.350 e. The summed E-state index contributed by atoms with van der Waals surface area (Å²) in [5, 5.41) is 4.26. The summed E-state index contributed by atoms with van der Waals surface area (Å²) in [7, 11) is -1.21. The minimum absolute atomic E-state index is 0.0927. The van der Waals surface area contributed by atoms with Crippen molar-refractivity contribution < 1.29 is 27.5 Å². The molecule has 0 unspecified atom stereocenters. The summed E-state index contributed by atoms with van der Waals surface area (Å²) in [6, 6.07) is 5.73. The summed E-state index contributed by atoms with van der Waals surface area (Å²) in [5.74, 6) is -0.971. The van der Waals surface area contributed by atoms with Gasteiger partial charge < -0.3 is 14.8 Å². The summed E-state index contributed by atoms with van der Waals surface area (Å²) >= 11 is 1.13. The van der Waals surface area contributed by atoms with Gasteiger partial charge in [0.2, 0.25) is 10.0 Å². The minimum Gasteiger partial charge on any atom is -0.495 e. The highest BCUT2D eigenvalue weighted by atomic mass is 32.2. The van der Waals surface area contributed by atoms with Gasteiger partial charge in [-0.3, -0.25) is 4.79 Å². The maximum absolute atomic E-state index is 12.9. The summed E-state index contributed by atoms with van der Waals surface area (Å²) < 4.78 is 37.0. The third kappa shape index (κ3) is 4.34. The van der Waals surface area contributed by atoms with Crippen molar-refractivity contribution in [2.24, 2.45) is 0 Å². The van der Waals surface area contributed by atoms with Gasteiger partial charge in [-0.1, -0.05) is 13.8 Å². The van der Waals surface area contributed by atoms with E-state index < -0.39 is 21.9 Å². The largest absolute Gasteiger partial charge is 0.495 e. The van der Waals surface area contributed by atoms with E-state index in [1.165, 1.54) is 36.7 Å². The number of amides is 1. The Morgan fingerprint density at radius 3 is 2.39 bits per heavy atom. The van der Waals surface area contributed by atoms with Crippen molar-refractivity contribution >= 4 is 38.9 Å². The zero-order valence-corrected chi connectivity index (χ0v) is 17.6. The van der Waals surface area contributed by atoms with E-state index in [0.717, 1.165) is 11.3 Å². The molecule has 1 aromatic heterocycles. The van der Waals surface area contributed by atoms with E-state index in [1.54, 1.807) is 25.3 Å². The van der Waals surface area contributed by atoms with E-state index in [-0.39, 0.29) is 34.2 Å². The zero-order valence-electron chi connectivity index (χ0n) is 16.0. The Hall–Kier alpha value is -2.43. The second-order valence-electron chi connectivity index (χ2n) is 5.56. The molecule has 1 N–H and O–H groups in total. The molecule has 2 aromatic rings. The number of rotatable bonds is 8. The van der Waals surface area contributed by atoms with E-state index in [9.17, 15) is 18.0 Å². The van der Waals surface area contributed by atoms with Gasteiger partial charge in [0.1, 0.15) is 15.5 Å². The van der Waals surface area contributed by atoms with Gasteiger partial charge in [-0.2, -0.15) is 4.31 Å². The summed E-state index contributed by atoms with van der Waals surface area (Å²) in [5.41, 5.74) is 0.416. The minimum atomic E-state index is -3.83. The van der Waals surface area contributed by atoms with Crippen LogP contribution in [0.2, 0.25) is 0 Å². The molecule has 0 saturated heterocycles. The van der Waals surface area contributed by atoms with Crippen LogP contribution in [0.15, 0.2) is 34.5 Å². The highest BCUT2D eigenvalue weighted by Gasteiger charge is 2.27. The molecule has 0 aliphatic rings. The van der Waals surface area contributed by atoms with Crippen LogP contribution in [-0.2, 0) is 14.8 Å². The highest BCUT2D eigenvalue weighted by molar-refractivity contribution is 7.89. The molecule has 1 heterocycles. The molecular weight excluding hydrogens is 404 g/mol. The number of benzene rings is 1. The molecule has 152 valence electrons. The van der Waals surface area contributed by atoms with Gasteiger partial charge in [0, 0.05) is 18.7 Å². The second kappa shape index (κ2) is 9.18. The molecule has 0 radical (unpaired) electrons. The number of nitrogens with one attached hydrogen (secondary N) is 1. The SMILES string of the molecule is CCN(CC)S(=O)(=O)c1cc(C(=O)Nc2ccsc2C(=O)OC)ccc1OC. The number of sulfonamides is 1. The number of methoxy groups -OCH3 is 2. The fraction of sp³-hybridized carbons (Fsp3) is 0.333. The lowest BCUT2D eigenvalue weighted by Gasteiger charge is -2.20. The maximum atomic E-state index is 12.9. The number of thiophene rings is 1. The van der Waals surface area contributed by atoms with Crippen molar-refractivity contribution in [3.8, 4) is 5.75 Å². The Bertz CT molecular complexity index is 964. The molecule has 0 fully saturated rings. The molecule has 28 heavy (non-hydrogen) atoms. The molecule has 2 rings (SSSR count). The Kier molecular flexibility index (Phi) is 7.17. The summed E-state index contributed by atoms with van der Waals surface area (Å²) in [6.45, 7) is 4.04. The lowest BCUT2D eigenvalue weighted by atomic mass is 10.2. The van der Waals surface area contributed by atoms with Gasteiger partial charge in [-0.05, 0) is 29.6 Å². The van der Waals surface area contributed by atoms with Crippen LogP contribution < -0.4 is 10.1 Å². The van der Waals surface area contributed by atoms with Crippen LogP contribution >= 0.6 is 11.3 Å². The van der Waals surface area contributed by atoms with Gasteiger partial charge >= 0.3 is 5.97 Å². The lowest BCUT2D eigenvalue weighted by Crippen LogP contribution is -2.31. The topological polar surface area (TPSA) is 102 Å². The molecule has 0 atom stereocenters. The number of anilines is 1. The fourth-order valence-corrected chi connectivity index (χ4v) is 4.98. The summed E-state index contributed by atoms with van der Waals surface area (Å²) in [4.78, 5) is 24.6. The van der Waals surface area contributed by atoms with Crippen molar-refractivity contribution in [1.29, 1.82) is 0 Å². The first-order valence-corrected chi connectivity index (χ1v) is 10.8. The van der Waals surface area contributed by atoms with Gasteiger partial charge in [0.05, 0.1) is 19.9 Å². The van der Waals surface area contributed by atoms with E-state index >= 15 is 0 Å². The number of carbonyl (C=O) groups is 2. The van der Waals surface area contributed by atoms with Crippen molar-refractivity contribution in [3.63, 3.8) is 0 Å². The monoisotopic (exact) mass is 426 g/mol. The molecule has 8 nitrogen and oxygen atoms in total. The molecule has 0 aliphatic heterocycles. The van der Waals surface area contributed by atoms with Crippen LogP contribution in [-0.4, -0.2) is 51.9 Å². The van der Waals surface area contributed by atoms with E-state index in [2.05, 4.69) is 10.1 Å². The van der Waals surface area contributed by atoms with Gasteiger partial charge in [0.15, 0.2) is 0 Å². The number of hydrogen-bond acceptors (Lipinski definition) is 7. The zero-order chi connectivity index (χ0) is 20.9. The van der Waals surface area contributed by atoms with Crippen LogP contribution in [0.25, 0.3) is 0 Å². The average Bonchev–Trinajstić information content (AvgIpc) is 3.15. The van der Waals surface area contributed by atoms with E-state index in [0.29, 0.717) is 5.69 Å². The molecule has 0 bridgehead atoms. The van der Waals surface area contributed by atoms with Crippen LogP contribution in [0.4, 0.5) is 5.69 Å². The maximum Gasteiger partial charge on any atom is 0.350 e. The predicted molar refractivity (Wildman–Crippen MR) is 107 cm³/mol. The Morgan fingerprint density at radius 2 is 1.82 bits per heavy atom. The first-order chi connectivity index (χ1) is 13.3. The Balaban J connectivity index is 2.41. The predicted octanol–water partition coefficient (Wildman–Crippen LogP) is 2.83. The molecule has 0 aliphatic carbocycles. The summed E-state index contributed by atoms with van der Waals surface area (Å²) in [6.07, 6.45) is 0. The number of hydrogen-bond donors (Lipinski definition) is 1. The Morgan fingerprint density at radius 1 is 1.14 bits per heavy atom. The van der Waals surface area contributed by atoms with Crippen LogP contribution in [0, 0.1) is 0 Å². The Labute approximate surface area is 168 Å². The molecule has 10 heteroatoms. The van der Waals surface area contributed by atoms with Crippen molar-refractivity contribution in [2.45, 2.75) is 18.7 Å². The van der Waals surface area contributed by atoms with Crippen LogP contribution in [0.1, 0.15) is 33.9 Å². The second-order valence-corrected chi connectivity index (χ2v) is 8.39. The number of nitrogens with zero attached hydrogens (tertiary/aromatic N) is 1.